The van der Waals surface area contributed by atoms with E-state index in [-0.39, 0.29) is 17.1 Å². The number of amides is 2. The van der Waals surface area contributed by atoms with Crippen molar-refractivity contribution in [3.8, 4) is 0 Å². The molecule has 0 bridgehead atoms. The number of hydrogen-bond acceptors (Lipinski definition) is 4. The van der Waals surface area contributed by atoms with E-state index in [1.807, 2.05) is 0 Å². The zero-order valence-corrected chi connectivity index (χ0v) is 15.3. The van der Waals surface area contributed by atoms with Crippen LogP contribution in [0.25, 0.3) is 0 Å². The summed E-state index contributed by atoms with van der Waals surface area (Å²) < 4.78 is 27.6. The minimum Gasteiger partial charge on any atom is -0.324 e. The molecule has 0 saturated heterocycles. The number of fused-ring (bicyclic) bond motifs is 1. The maximum atomic E-state index is 12.5. The Balaban J connectivity index is 1.85. The summed E-state index contributed by atoms with van der Waals surface area (Å²) in [5, 5.41) is 5.61. The Hall–Kier alpha value is -2.42. The van der Waals surface area contributed by atoms with Gasteiger partial charge in [0.25, 0.3) is 0 Å². The number of carbonyl (C=O) groups excluding carboxylic acids is 2. The number of rotatable bonds is 4. The van der Waals surface area contributed by atoms with Crippen molar-refractivity contribution >= 4 is 44.8 Å². The summed E-state index contributed by atoms with van der Waals surface area (Å²) in [5.41, 5.74) is 1.22. The molecular formula is C17H16ClN3O4S. The van der Waals surface area contributed by atoms with E-state index in [1.165, 1.54) is 25.1 Å². The van der Waals surface area contributed by atoms with Gasteiger partial charge in [0.15, 0.2) is 0 Å². The largest absolute Gasteiger partial charge is 0.324 e. The van der Waals surface area contributed by atoms with Gasteiger partial charge in [-0.15, -0.1) is 0 Å². The molecule has 136 valence electrons. The first kappa shape index (κ1) is 18.4. The van der Waals surface area contributed by atoms with Crippen LogP contribution < -0.4 is 15.4 Å². The lowest BCUT2D eigenvalue weighted by Gasteiger charge is -2.11. The van der Waals surface area contributed by atoms with Gasteiger partial charge in [0.2, 0.25) is 21.8 Å². The fourth-order valence-corrected chi connectivity index (χ4v) is 3.64. The first-order valence-electron chi connectivity index (χ1n) is 7.77. The van der Waals surface area contributed by atoms with Gasteiger partial charge in [-0.2, -0.15) is 0 Å². The highest BCUT2D eigenvalue weighted by Gasteiger charge is 2.27. The molecule has 1 heterocycles. The van der Waals surface area contributed by atoms with Gasteiger partial charge in [-0.1, -0.05) is 29.8 Å². The number of nitrogens with one attached hydrogen (secondary N) is 3. The Morgan fingerprint density at radius 2 is 1.69 bits per heavy atom. The number of hydrogen-bond donors (Lipinski definition) is 3. The molecular weight excluding hydrogens is 378 g/mol. The van der Waals surface area contributed by atoms with Crippen molar-refractivity contribution in [2.75, 3.05) is 10.6 Å². The number of carbonyl (C=O) groups is 2. The predicted octanol–water partition coefficient (Wildman–Crippen LogP) is 2.35. The van der Waals surface area contributed by atoms with Crippen LogP contribution in [-0.4, -0.2) is 20.2 Å². The lowest BCUT2D eigenvalue weighted by atomic mass is 10.1. The zero-order chi connectivity index (χ0) is 18.9. The van der Waals surface area contributed by atoms with Gasteiger partial charge in [0, 0.05) is 11.6 Å². The van der Waals surface area contributed by atoms with Crippen LogP contribution in [0.2, 0.25) is 5.02 Å². The molecule has 0 fully saturated rings. The monoisotopic (exact) mass is 393 g/mol. The van der Waals surface area contributed by atoms with Crippen LogP contribution in [-0.2, 0) is 26.2 Å². The highest BCUT2D eigenvalue weighted by atomic mass is 35.5. The fraction of sp³-hybridized carbons (Fsp3) is 0.176. The van der Waals surface area contributed by atoms with Gasteiger partial charge < -0.3 is 10.6 Å². The number of benzene rings is 2. The Bertz CT molecular complexity index is 991. The summed E-state index contributed by atoms with van der Waals surface area (Å²) in [4.78, 5) is 23.8. The summed E-state index contributed by atoms with van der Waals surface area (Å²) in [7, 11) is -3.84. The first-order valence-corrected chi connectivity index (χ1v) is 9.63. The van der Waals surface area contributed by atoms with Crippen LogP contribution >= 0.6 is 11.6 Å². The molecule has 1 aliphatic rings. The van der Waals surface area contributed by atoms with E-state index in [1.54, 1.807) is 24.3 Å². The third-order valence-electron chi connectivity index (χ3n) is 4.01. The van der Waals surface area contributed by atoms with Gasteiger partial charge in [-0.3, -0.25) is 9.59 Å². The fourth-order valence-electron chi connectivity index (χ4n) is 2.40. The van der Waals surface area contributed by atoms with Crippen LogP contribution in [0.15, 0.2) is 47.4 Å². The van der Waals surface area contributed by atoms with Gasteiger partial charge in [0.1, 0.15) is 5.92 Å². The highest BCUT2D eigenvalue weighted by molar-refractivity contribution is 7.89. The lowest BCUT2D eigenvalue weighted by Crippen LogP contribution is -2.28. The molecule has 26 heavy (non-hydrogen) atoms. The normalized spacial score (nSPS) is 17.1. The van der Waals surface area contributed by atoms with Crippen molar-refractivity contribution in [1.82, 2.24) is 4.72 Å². The Kier molecular flexibility index (Phi) is 4.99. The molecule has 0 aliphatic carbocycles. The molecule has 0 saturated carbocycles. The SMILES string of the molecule is CC1C(=O)Nc2ccc(S(=O)(=O)NCc3ccccc3Cl)cc2NC1=O. The second kappa shape index (κ2) is 7.06. The Labute approximate surface area is 155 Å². The van der Waals surface area contributed by atoms with Crippen molar-refractivity contribution in [3.05, 3.63) is 53.1 Å². The van der Waals surface area contributed by atoms with Gasteiger partial charge >= 0.3 is 0 Å². The summed E-state index contributed by atoms with van der Waals surface area (Å²) in [6.45, 7) is 1.50. The third kappa shape index (κ3) is 3.72. The van der Waals surface area contributed by atoms with Gasteiger partial charge in [-0.05, 0) is 36.8 Å². The average Bonchev–Trinajstić information content (AvgIpc) is 2.71. The van der Waals surface area contributed by atoms with Crippen molar-refractivity contribution in [2.45, 2.75) is 18.4 Å². The van der Waals surface area contributed by atoms with E-state index in [9.17, 15) is 18.0 Å². The van der Waals surface area contributed by atoms with Gasteiger partial charge in [-0.25, -0.2) is 13.1 Å². The maximum Gasteiger partial charge on any atom is 0.240 e. The Morgan fingerprint density at radius 1 is 1.04 bits per heavy atom. The molecule has 0 spiro atoms. The lowest BCUT2D eigenvalue weighted by molar-refractivity contribution is -0.128. The number of sulfonamides is 1. The van der Waals surface area contributed by atoms with E-state index in [4.69, 9.17) is 11.6 Å². The van der Waals surface area contributed by atoms with Crippen molar-refractivity contribution in [1.29, 1.82) is 0 Å². The van der Waals surface area contributed by atoms with E-state index in [2.05, 4.69) is 15.4 Å². The zero-order valence-electron chi connectivity index (χ0n) is 13.7. The van der Waals surface area contributed by atoms with E-state index in [0.29, 0.717) is 16.3 Å². The second-order valence-corrected chi connectivity index (χ2v) is 8.00. The maximum absolute atomic E-state index is 12.5. The van der Waals surface area contributed by atoms with E-state index in [0.717, 1.165) is 0 Å². The number of halogens is 1. The predicted molar refractivity (Wildman–Crippen MR) is 98.3 cm³/mol. The molecule has 2 amide bonds. The third-order valence-corrected chi connectivity index (χ3v) is 5.78. The topological polar surface area (TPSA) is 104 Å². The molecule has 1 atom stereocenters. The molecule has 2 aromatic rings. The van der Waals surface area contributed by atoms with Crippen LogP contribution in [0.5, 0.6) is 0 Å². The van der Waals surface area contributed by atoms with E-state index >= 15 is 0 Å². The smallest absolute Gasteiger partial charge is 0.240 e. The molecule has 2 aromatic carbocycles. The van der Waals surface area contributed by atoms with Crippen molar-refractivity contribution < 1.29 is 18.0 Å². The number of anilines is 2. The Morgan fingerprint density at radius 3 is 2.38 bits per heavy atom. The minimum atomic E-state index is -3.84. The molecule has 3 rings (SSSR count). The molecule has 1 unspecified atom stereocenters. The van der Waals surface area contributed by atoms with Crippen LogP contribution in [0.3, 0.4) is 0 Å². The summed E-state index contributed by atoms with van der Waals surface area (Å²) in [5.74, 6) is -1.82. The van der Waals surface area contributed by atoms with Crippen molar-refractivity contribution in [2.24, 2.45) is 5.92 Å². The minimum absolute atomic E-state index is 0.0270. The molecule has 0 radical (unpaired) electrons. The van der Waals surface area contributed by atoms with Crippen LogP contribution in [0.4, 0.5) is 11.4 Å². The van der Waals surface area contributed by atoms with Crippen LogP contribution in [0.1, 0.15) is 12.5 Å². The van der Waals surface area contributed by atoms with Crippen LogP contribution in [0, 0.1) is 5.92 Å². The van der Waals surface area contributed by atoms with E-state index < -0.39 is 27.8 Å². The summed E-state index contributed by atoms with van der Waals surface area (Å²) >= 11 is 6.03. The summed E-state index contributed by atoms with van der Waals surface area (Å²) in [6, 6.07) is 11.0. The molecule has 0 aromatic heterocycles. The average molecular weight is 394 g/mol. The highest BCUT2D eigenvalue weighted by Crippen LogP contribution is 2.29. The standard InChI is InChI=1S/C17H16ClN3O4S/c1-10-16(22)20-14-7-6-12(8-15(14)21-17(10)23)26(24,25)19-9-11-4-2-3-5-13(11)18/h2-8,10,19H,9H2,1H3,(H,20,22)(H,21,23). The first-order chi connectivity index (χ1) is 12.3. The molecule has 3 N–H and O–H groups in total. The second-order valence-electron chi connectivity index (χ2n) is 5.82. The van der Waals surface area contributed by atoms with Gasteiger partial charge in [0.05, 0.1) is 16.3 Å². The quantitative estimate of drug-likeness (QED) is 0.693. The molecule has 9 heteroatoms. The molecule has 7 nitrogen and oxygen atoms in total. The summed E-state index contributed by atoms with van der Waals surface area (Å²) in [6.07, 6.45) is 0. The molecule has 1 aliphatic heterocycles. The van der Waals surface area contributed by atoms with Crippen molar-refractivity contribution in [3.63, 3.8) is 0 Å².